The topological polar surface area (TPSA) is 38.8 Å². The van der Waals surface area contributed by atoms with Gasteiger partial charge in [-0.1, -0.05) is 6.07 Å². The molecule has 0 aliphatic rings. The summed E-state index contributed by atoms with van der Waals surface area (Å²) in [6.07, 6.45) is 1.15. The van der Waals surface area contributed by atoms with E-state index in [4.69, 9.17) is 21.1 Å². The van der Waals surface area contributed by atoms with Gasteiger partial charge < -0.3 is 14.4 Å². The van der Waals surface area contributed by atoms with Gasteiger partial charge in [-0.25, -0.2) is 0 Å². The van der Waals surface area contributed by atoms with E-state index >= 15 is 0 Å². The fourth-order valence-electron chi connectivity index (χ4n) is 1.72. The van der Waals surface area contributed by atoms with Crippen LogP contribution in [0.5, 0.6) is 11.5 Å². The average molecular weight is 286 g/mol. The molecule has 0 bridgehead atoms. The van der Waals surface area contributed by atoms with Gasteiger partial charge in [-0.3, -0.25) is 4.79 Å². The SMILES string of the molecule is COc1ccc(CC(=O)N(C)CCCCl)cc1OC. The number of amides is 1. The predicted octanol–water partition coefficient (Wildman–Crippen LogP) is 2.33. The zero-order chi connectivity index (χ0) is 14.3. The van der Waals surface area contributed by atoms with Gasteiger partial charge in [0.2, 0.25) is 5.91 Å². The molecule has 1 aromatic rings. The lowest BCUT2D eigenvalue weighted by Gasteiger charge is -2.17. The molecule has 0 fully saturated rings. The standard InChI is InChI=1S/C14H20ClNO3/c1-16(8-4-7-15)14(17)10-11-5-6-12(18-2)13(9-11)19-3/h5-6,9H,4,7-8,10H2,1-3H3. The highest BCUT2D eigenvalue weighted by Gasteiger charge is 2.11. The number of benzene rings is 1. The molecule has 0 aliphatic carbocycles. The molecule has 19 heavy (non-hydrogen) atoms. The zero-order valence-corrected chi connectivity index (χ0v) is 12.4. The smallest absolute Gasteiger partial charge is 0.226 e. The van der Waals surface area contributed by atoms with Crippen LogP contribution in [0.3, 0.4) is 0 Å². The first-order valence-electron chi connectivity index (χ1n) is 6.13. The number of ether oxygens (including phenoxy) is 2. The van der Waals surface area contributed by atoms with Gasteiger partial charge in [-0.2, -0.15) is 0 Å². The highest BCUT2D eigenvalue weighted by molar-refractivity contribution is 6.17. The third kappa shape index (κ3) is 4.63. The molecule has 106 valence electrons. The molecule has 5 heteroatoms. The third-order valence-corrected chi connectivity index (χ3v) is 3.12. The van der Waals surface area contributed by atoms with Crippen molar-refractivity contribution in [2.45, 2.75) is 12.8 Å². The molecule has 0 N–H and O–H groups in total. The van der Waals surface area contributed by atoms with Gasteiger partial charge in [0, 0.05) is 19.5 Å². The van der Waals surface area contributed by atoms with E-state index in [9.17, 15) is 4.79 Å². The number of halogens is 1. The number of rotatable bonds is 7. The molecule has 0 unspecified atom stereocenters. The number of alkyl halides is 1. The Bertz CT molecular complexity index is 423. The third-order valence-electron chi connectivity index (χ3n) is 2.86. The minimum Gasteiger partial charge on any atom is -0.493 e. The van der Waals surface area contributed by atoms with Crippen LogP contribution >= 0.6 is 11.6 Å². The Morgan fingerprint density at radius 3 is 2.53 bits per heavy atom. The second-order valence-electron chi connectivity index (χ2n) is 4.22. The highest BCUT2D eigenvalue weighted by atomic mass is 35.5. The monoisotopic (exact) mass is 285 g/mol. The number of methoxy groups -OCH3 is 2. The van der Waals surface area contributed by atoms with Crippen molar-refractivity contribution in [3.05, 3.63) is 23.8 Å². The molecule has 0 radical (unpaired) electrons. The summed E-state index contributed by atoms with van der Waals surface area (Å²) in [7, 11) is 4.95. The van der Waals surface area contributed by atoms with Crippen LogP contribution < -0.4 is 9.47 Å². The Morgan fingerprint density at radius 2 is 1.95 bits per heavy atom. The van der Waals surface area contributed by atoms with Crippen molar-refractivity contribution in [1.82, 2.24) is 4.90 Å². The lowest BCUT2D eigenvalue weighted by atomic mass is 10.1. The Kier molecular flexibility index (Phi) is 6.50. The zero-order valence-electron chi connectivity index (χ0n) is 11.6. The average Bonchev–Trinajstić information content (AvgIpc) is 2.44. The van der Waals surface area contributed by atoms with Crippen molar-refractivity contribution >= 4 is 17.5 Å². The van der Waals surface area contributed by atoms with Gasteiger partial charge >= 0.3 is 0 Å². The normalized spacial score (nSPS) is 10.1. The Labute approximate surface area is 119 Å². The number of carbonyl (C=O) groups is 1. The van der Waals surface area contributed by atoms with Crippen molar-refractivity contribution in [2.24, 2.45) is 0 Å². The maximum atomic E-state index is 12.0. The molecule has 0 spiro atoms. The summed E-state index contributed by atoms with van der Waals surface area (Å²) in [5, 5.41) is 0. The molecular formula is C14H20ClNO3. The van der Waals surface area contributed by atoms with Crippen molar-refractivity contribution in [2.75, 3.05) is 33.7 Å². The maximum Gasteiger partial charge on any atom is 0.226 e. The lowest BCUT2D eigenvalue weighted by Crippen LogP contribution is -2.29. The first-order chi connectivity index (χ1) is 9.12. The maximum absolute atomic E-state index is 12.0. The minimum absolute atomic E-state index is 0.0670. The summed E-state index contributed by atoms with van der Waals surface area (Å²) in [5.41, 5.74) is 0.903. The van der Waals surface area contributed by atoms with E-state index in [0.29, 0.717) is 30.3 Å². The predicted molar refractivity (Wildman–Crippen MR) is 76.2 cm³/mol. The molecule has 0 atom stereocenters. The fraction of sp³-hybridized carbons (Fsp3) is 0.500. The van der Waals surface area contributed by atoms with E-state index in [0.717, 1.165) is 12.0 Å². The quantitative estimate of drug-likeness (QED) is 0.722. The Morgan fingerprint density at radius 1 is 1.26 bits per heavy atom. The fourth-order valence-corrected chi connectivity index (χ4v) is 1.84. The minimum atomic E-state index is 0.0670. The molecule has 1 aromatic carbocycles. The summed E-state index contributed by atoms with van der Waals surface area (Å²) in [4.78, 5) is 13.7. The van der Waals surface area contributed by atoms with Crippen LogP contribution in [0.15, 0.2) is 18.2 Å². The number of likely N-dealkylation sites (N-methyl/N-ethyl adjacent to an activating group) is 1. The van der Waals surface area contributed by atoms with Crippen LogP contribution in [0, 0.1) is 0 Å². The van der Waals surface area contributed by atoms with Gasteiger partial charge in [-0.05, 0) is 24.1 Å². The highest BCUT2D eigenvalue weighted by Crippen LogP contribution is 2.27. The summed E-state index contributed by atoms with van der Waals surface area (Å²) in [6.45, 7) is 0.676. The van der Waals surface area contributed by atoms with Crippen LogP contribution in [-0.4, -0.2) is 44.5 Å². The summed E-state index contributed by atoms with van der Waals surface area (Å²) >= 11 is 5.62. The van der Waals surface area contributed by atoms with E-state index in [2.05, 4.69) is 0 Å². The second-order valence-corrected chi connectivity index (χ2v) is 4.60. The van der Waals surface area contributed by atoms with E-state index in [-0.39, 0.29) is 5.91 Å². The molecule has 0 aliphatic heterocycles. The van der Waals surface area contributed by atoms with Gasteiger partial charge in [0.15, 0.2) is 11.5 Å². The largest absolute Gasteiger partial charge is 0.493 e. The molecule has 0 aromatic heterocycles. The number of carbonyl (C=O) groups excluding carboxylic acids is 1. The summed E-state index contributed by atoms with van der Waals surface area (Å²) < 4.78 is 10.4. The van der Waals surface area contributed by atoms with E-state index in [1.165, 1.54) is 0 Å². The summed E-state index contributed by atoms with van der Waals surface area (Å²) in [5.74, 6) is 1.93. The van der Waals surface area contributed by atoms with Gasteiger partial charge in [0.25, 0.3) is 0 Å². The Hall–Kier alpha value is -1.42. The van der Waals surface area contributed by atoms with Crippen LogP contribution in [0.1, 0.15) is 12.0 Å². The van der Waals surface area contributed by atoms with E-state index in [1.807, 2.05) is 12.1 Å². The van der Waals surface area contributed by atoms with Gasteiger partial charge in [0.1, 0.15) is 0 Å². The second kappa shape index (κ2) is 7.89. The summed E-state index contributed by atoms with van der Waals surface area (Å²) in [6, 6.07) is 5.50. The van der Waals surface area contributed by atoms with E-state index < -0.39 is 0 Å². The molecule has 0 saturated carbocycles. The van der Waals surface area contributed by atoms with Gasteiger partial charge in [0.05, 0.1) is 20.6 Å². The number of hydrogen-bond acceptors (Lipinski definition) is 3. The first-order valence-corrected chi connectivity index (χ1v) is 6.66. The molecule has 1 amide bonds. The molecule has 0 heterocycles. The Balaban J connectivity index is 2.69. The van der Waals surface area contributed by atoms with Gasteiger partial charge in [-0.15, -0.1) is 11.6 Å². The lowest BCUT2D eigenvalue weighted by molar-refractivity contribution is -0.129. The molecule has 4 nitrogen and oxygen atoms in total. The van der Waals surface area contributed by atoms with Crippen LogP contribution in [0.25, 0.3) is 0 Å². The molecule has 1 rings (SSSR count). The number of hydrogen-bond donors (Lipinski definition) is 0. The van der Waals surface area contributed by atoms with Crippen molar-refractivity contribution in [1.29, 1.82) is 0 Å². The molecule has 0 saturated heterocycles. The van der Waals surface area contributed by atoms with E-state index in [1.54, 1.807) is 32.2 Å². The molecular weight excluding hydrogens is 266 g/mol. The van der Waals surface area contributed by atoms with Crippen LogP contribution in [-0.2, 0) is 11.2 Å². The van der Waals surface area contributed by atoms with Crippen molar-refractivity contribution in [3.63, 3.8) is 0 Å². The van der Waals surface area contributed by atoms with Crippen LogP contribution in [0.4, 0.5) is 0 Å². The first kappa shape index (κ1) is 15.6. The van der Waals surface area contributed by atoms with Crippen molar-refractivity contribution < 1.29 is 14.3 Å². The van der Waals surface area contributed by atoms with Crippen LogP contribution in [0.2, 0.25) is 0 Å². The number of nitrogens with zero attached hydrogens (tertiary/aromatic N) is 1. The van der Waals surface area contributed by atoms with Crippen molar-refractivity contribution in [3.8, 4) is 11.5 Å².